The minimum Gasteiger partial charge on any atom is -0.481 e. The highest BCUT2D eigenvalue weighted by atomic mass is 19.1. The molecule has 1 aromatic rings. The molecular formula is C12H12FNO4. The van der Waals surface area contributed by atoms with E-state index in [2.05, 4.69) is 0 Å². The number of carbonyl (C=O) groups is 2. The standard InChI is InChI=1S/C12H12FNO4/c13-9-3-1-2-4-10(9)14-8(5-12(16)17)6-18-7-11(14)15/h1-4,8H,5-7H2,(H,16,17). The second-order valence-electron chi connectivity index (χ2n) is 3.98. The first kappa shape index (κ1) is 12.5. The number of para-hydroxylation sites is 1. The molecule has 0 spiro atoms. The summed E-state index contributed by atoms with van der Waals surface area (Å²) in [6, 6.07) is 5.11. The first-order valence-electron chi connectivity index (χ1n) is 5.45. The smallest absolute Gasteiger partial charge is 0.305 e. The molecule has 1 unspecified atom stereocenters. The molecule has 1 heterocycles. The predicted octanol–water partition coefficient (Wildman–Crippen LogP) is 1.03. The van der Waals surface area contributed by atoms with Crippen molar-refractivity contribution in [2.75, 3.05) is 18.1 Å². The van der Waals surface area contributed by atoms with Gasteiger partial charge in [-0.2, -0.15) is 0 Å². The Morgan fingerprint density at radius 1 is 1.50 bits per heavy atom. The number of carbonyl (C=O) groups excluding carboxylic acids is 1. The van der Waals surface area contributed by atoms with Crippen molar-refractivity contribution in [1.29, 1.82) is 0 Å². The van der Waals surface area contributed by atoms with Gasteiger partial charge in [0.2, 0.25) is 0 Å². The summed E-state index contributed by atoms with van der Waals surface area (Å²) in [6.45, 7) is -0.0726. The molecule has 1 aliphatic rings. The molecule has 1 amide bonds. The summed E-state index contributed by atoms with van der Waals surface area (Å²) in [5, 5.41) is 8.80. The van der Waals surface area contributed by atoms with E-state index in [4.69, 9.17) is 9.84 Å². The van der Waals surface area contributed by atoms with Crippen LogP contribution in [-0.2, 0) is 14.3 Å². The third-order valence-electron chi connectivity index (χ3n) is 2.69. The number of ether oxygens (including phenoxy) is 1. The molecule has 0 radical (unpaired) electrons. The molecule has 1 aliphatic heterocycles. The fourth-order valence-electron chi connectivity index (χ4n) is 1.96. The predicted molar refractivity (Wildman–Crippen MR) is 60.7 cm³/mol. The third-order valence-corrected chi connectivity index (χ3v) is 2.69. The minimum absolute atomic E-state index is 0.0897. The normalized spacial score (nSPS) is 19.9. The van der Waals surface area contributed by atoms with Gasteiger partial charge in [-0.05, 0) is 12.1 Å². The fraction of sp³-hybridized carbons (Fsp3) is 0.333. The van der Waals surface area contributed by atoms with Crippen LogP contribution in [0, 0.1) is 5.82 Å². The van der Waals surface area contributed by atoms with Crippen LogP contribution in [0.4, 0.5) is 10.1 Å². The Labute approximate surface area is 103 Å². The summed E-state index contributed by atoms with van der Waals surface area (Å²) < 4.78 is 18.7. The van der Waals surface area contributed by atoms with Gasteiger partial charge in [-0.25, -0.2) is 4.39 Å². The number of hydrogen-bond donors (Lipinski definition) is 1. The van der Waals surface area contributed by atoms with Crippen LogP contribution in [0.3, 0.4) is 0 Å². The Morgan fingerprint density at radius 2 is 2.22 bits per heavy atom. The van der Waals surface area contributed by atoms with Crippen LogP contribution >= 0.6 is 0 Å². The maximum atomic E-state index is 13.7. The van der Waals surface area contributed by atoms with Crippen molar-refractivity contribution in [3.63, 3.8) is 0 Å². The molecule has 0 saturated carbocycles. The van der Waals surface area contributed by atoms with Crippen molar-refractivity contribution < 1.29 is 23.8 Å². The third kappa shape index (κ3) is 2.48. The van der Waals surface area contributed by atoms with E-state index in [-0.39, 0.29) is 25.3 Å². The minimum atomic E-state index is -1.06. The molecule has 1 saturated heterocycles. The summed E-state index contributed by atoms with van der Waals surface area (Å²) in [6.07, 6.45) is -0.278. The summed E-state index contributed by atoms with van der Waals surface area (Å²) >= 11 is 0. The number of hydrogen-bond acceptors (Lipinski definition) is 3. The molecule has 1 aromatic carbocycles. The van der Waals surface area contributed by atoms with Crippen LogP contribution in [0.5, 0.6) is 0 Å². The van der Waals surface area contributed by atoms with Crippen LogP contribution in [0.2, 0.25) is 0 Å². The SMILES string of the molecule is O=C(O)CC1COCC(=O)N1c1ccccc1F. The number of carboxylic acid groups (broad SMARTS) is 1. The lowest BCUT2D eigenvalue weighted by Crippen LogP contribution is -2.50. The number of morpholine rings is 1. The molecular weight excluding hydrogens is 241 g/mol. The zero-order chi connectivity index (χ0) is 13.1. The van der Waals surface area contributed by atoms with E-state index in [0.29, 0.717) is 0 Å². The van der Waals surface area contributed by atoms with Crippen molar-refractivity contribution in [2.45, 2.75) is 12.5 Å². The summed E-state index contributed by atoms with van der Waals surface area (Å²) in [5.41, 5.74) is 0.0945. The number of nitrogens with zero attached hydrogens (tertiary/aromatic N) is 1. The van der Waals surface area contributed by atoms with Gasteiger partial charge < -0.3 is 14.7 Å². The molecule has 0 aromatic heterocycles. The molecule has 1 fully saturated rings. The van der Waals surface area contributed by atoms with Gasteiger partial charge in [-0.3, -0.25) is 9.59 Å². The molecule has 96 valence electrons. The van der Waals surface area contributed by atoms with Crippen molar-refractivity contribution >= 4 is 17.6 Å². The molecule has 1 atom stereocenters. The molecule has 5 nitrogen and oxygen atoms in total. The highest BCUT2D eigenvalue weighted by Gasteiger charge is 2.32. The van der Waals surface area contributed by atoms with Gasteiger partial charge in [0.15, 0.2) is 0 Å². The number of benzene rings is 1. The largest absolute Gasteiger partial charge is 0.481 e. The highest BCUT2D eigenvalue weighted by Crippen LogP contribution is 2.24. The van der Waals surface area contributed by atoms with Crippen LogP contribution in [0.15, 0.2) is 24.3 Å². The Bertz CT molecular complexity index is 477. The number of carboxylic acids is 1. The summed E-state index contributed by atoms with van der Waals surface area (Å²) in [7, 11) is 0. The topological polar surface area (TPSA) is 66.8 Å². The van der Waals surface area contributed by atoms with E-state index in [1.54, 1.807) is 6.07 Å². The number of amides is 1. The second kappa shape index (κ2) is 5.14. The Balaban J connectivity index is 2.33. The van der Waals surface area contributed by atoms with Gasteiger partial charge in [0, 0.05) is 0 Å². The number of anilines is 1. The lowest BCUT2D eigenvalue weighted by Gasteiger charge is -2.34. The van der Waals surface area contributed by atoms with Crippen LogP contribution in [0.25, 0.3) is 0 Å². The van der Waals surface area contributed by atoms with Gasteiger partial charge in [0.05, 0.1) is 24.8 Å². The number of rotatable bonds is 3. The van der Waals surface area contributed by atoms with Crippen molar-refractivity contribution in [1.82, 2.24) is 0 Å². The van der Waals surface area contributed by atoms with Crippen molar-refractivity contribution in [3.8, 4) is 0 Å². The highest BCUT2D eigenvalue weighted by molar-refractivity contribution is 5.96. The lowest BCUT2D eigenvalue weighted by atomic mass is 10.1. The maximum Gasteiger partial charge on any atom is 0.305 e. The summed E-state index contributed by atoms with van der Waals surface area (Å²) in [5.74, 6) is -2.04. The maximum absolute atomic E-state index is 13.7. The van der Waals surface area contributed by atoms with Gasteiger partial charge in [-0.1, -0.05) is 12.1 Å². The molecule has 6 heteroatoms. The van der Waals surface area contributed by atoms with E-state index in [1.807, 2.05) is 0 Å². The van der Waals surface area contributed by atoms with E-state index in [0.717, 1.165) is 0 Å². The number of halogens is 1. The Hall–Kier alpha value is -1.95. The van der Waals surface area contributed by atoms with Crippen LogP contribution < -0.4 is 4.90 Å². The molecule has 0 aliphatic carbocycles. The lowest BCUT2D eigenvalue weighted by molar-refractivity contribution is -0.138. The Kier molecular flexibility index (Phi) is 3.57. The van der Waals surface area contributed by atoms with Crippen LogP contribution in [0.1, 0.15) is 6.42 Å². The molecule has 2 rings (SSSR count). The fourth-order valence-corrected chi connectivity index (χ4v) is 1.96. The molecule has 0 bridgehead atoms. The second-order valence-corrected chi connectivity index (χ2v) is 3.98. The van der Waals surface area contributed by atoms with E-state index >= 15 is 0 Å². The zero-order valence-corrected chi connectivity index (χ0v) is 9.51. The average molecular weight is 253 g/mol. The summed E-state index contributed by atoms with van der Waals surface area (Å²) in [4.78, 5) is 23.7. The molecule has 18 heavy (non-hydrogen) atoms. The zero-order valence-electron chi connectivity index (χ0n) is 9.51. The first-order valence-corrected chi connectivity index (χ1v) is 5.45. The average Bonchev–Trinajstić information content (AvgIpc) is 2.30. The van der Waals surface area contributed by atoms with Crippen LogP contribution in [-0.4, -0.2) is 36.2 Å². The Morgan fingerprint density at radius 3 is 2.89 bits per heavy atom. The molecule has 1 N–H and O–H groups in total. The van der Waals surface area contributed by atoms with E-state index in [1.165, 1.54) is 23.1 Å². The van der Waals surface area contributed by atoms with Gasteiger partial charge >= 0.3 is 5.97 Å². The monoisotopic (exact) mass is 253 g/mol. The van der Waals surface area contributed by atoms with Gasteiger partial charge in [0.25, 0.3) is 5.91 Å². The first-order chi connectivity index (χ1) is 8.59. The van der Waals surface area contributed by atoms with E-state index < -0.39 is 23.7 Å². The van der Waals surface area contributed by atoms with Crippen molar-refractivity contribution in [3.05, 3.63) is 30.1 Å². The van der Waals surface area contributed by atoms with Gasteiger partial charge in [-0.15, -0.1) is 0 Å². The van der Waals surface area contributed by atoms with Crippen molar-refractivity contribution in [2.24, 2.45) is 0 Å². The number of aliphatic carboxylic acids is 1. The van der Waals surface area contributed by atoms with Gasteiger partial charge in [0.1, 0.15) is 12.4 Å². The van der Waals surface area contributed by atoms with E-state index in [9.17, 15) is 14.0 Å². The quantitative estimate of drug-likeness (QED) is 0.873.